The van der Waals surface area contributed by atoms with Gasteiger partial charge in [-0.15, -0.1) is 0 Å². The molecule has 1 aliphatic carbocycles. The molecule has 2 aliphatic rings. The number of ether oxygens (including phenoxy) is 1. The van der Waals surface area contributed by atoms with Crippen molar-refractivity contribution >= 4 is 10.0 Å². The van der Waals surface area contributed by atoms with Crippen molar-refractivity contribution in [1.29, 1.82) is 0 Å². The lowest BCUT2D eigenvalue weighted by atomic mass is 9.91. The average molecular weight is 314 g/mol. The average Bonchev–Trinajstić information content (AvgIpc) is 2.88. The van der Waals surface area contributed by atoms with Crippen molar-refractivity contribution in [3.63, 3.8) is 0 Å². The molecule has 0 bridgehead atoms. The van der Waals surface area contributed by atoms with E-state index in [4.69, 9.17) is 10.5 Å². The summed E-state index contributed by atoms with van der Waals surface area (Å²) in [7, 11) is -3.58. The molecule has 118 valence electrons. The Balaban J connectivity index is 1.98. The first-order chi connectivity index (χ1) is 10.1. The van der Waals surface area contributed by atoms with Gasteiger partial charge in [-0.05, 0) is 19.8 Å². The van der Waals surface area contributed by atoms with E-state index in [0.29, 0.717) is 24.5 Å². The number of nitrogens with one attached hydrogen (secondary N) is 1. The van der Waals surface area contributed by atoms with Gasteiger partial charge < -0.3 is 10.5 Å². The Bertz CT molecular complexity index is 611. The lowest BCUT2D eigenvalue weighted by molar-refractivity contribution is -0.0586. The third-order valence-corrected chi connectivity index (χ3v) is 6.53. The number of morpholine rings is 1. The Labute approximate surface area is 124 Å². The van der Waals surface area contributed by atoms with Crippen LogP contribution in [0.5, 0.6) is 0 Å². The summed E-state index contributed by atoms with van der Waals surface area (Å²) in [4.78, 5) is 0.247. The molecule has 2 heterocycles. The first-order valence-corrected chi connectivity index (χ1v) is 8.87. The number of hydrogen-bond donors (Lipinski definition) is 2. The van der Waals surface area contributed by atoms with Gasteiger partial charge in [0.25, 0.3) is 0 Å². The van der Waals surface area contributed by atoms with Crippen LogP contribution < -0.4 is 5.73 Å². The zero-order valence-corrected chi connectivity index (χ0v) is 13.0. The number of aromatic nitrogens is 2. The summed E-state index contributed by atoms with van der Waals surface area (Å²) < 4.78 is 33.5. The van der Waals surface area contributed by atoms with Crippen LogP contribution in [-0.4, -0.2) is 48.2 Å². The van der Waals surface area contributed by atoms with Gasteiger partial charge in [-0.25, -0.2) is 8.42 Å². The number of nitrogens with two attached hydrogens (primary N) is 1. The van der Waals surface area contributed by atoms with Gasteiger partial charge in [-0.3, -0.25) is 5.10 Å². The van der Waals surface area contributed by atoms with Crippen LogP contribution in [0.15, 0.2) is 4.90 Å². The molecule has 1 aromatic heterocycles. The zero-order chi connectivity index (χ0) is 15.0. The highest BCUT2D eigenvalue weighted by Crippen LogP contribution is 2.33. The van der Waals surface area contributed by atoms with Crippen LogP contribution in [0.25, 0.3) is 0 Å². The molecule has 2 unspecified atom stereocenters. The minimum atomic E-state index is -3.58. The highest BCUT2D eigenvalue weighted by Gasteiger charge is 2.42. The summed E-state index contributed by atoms with van der Waals surface area (Å²) in [5, 5.41) is 6.75. The van der Waals surface area contributed by atoms with E-state index in [1.54, 1.807) is 11.2 Å². The molecule has 8 heteroatoms. The van der Waals surface area contributed by atoms with E-state index in [2.05, 4.69) is 10.2 Å². The van der Waals surface area contributed by atoms with Crippen LogP contribution in [-0.2, 0) is 21.3 Å². The number of sulfonamides is 1. The van der Waals surface area contributed by atoms with E-state index < -0.39 is 10.0 Å². The van der Waals surface area contributed by atoms with Crippen molar-refractivity contribution < 1.29 is 13.2 Å². The summed E-state index contributed by atoms with van der Waals surface area (Å²) in [6.45, 7) is 2.68. The molecule has 3 rings (SSSR count). The fourth-order valence-electron chi connectivity index (χ4n) is 3.43. The van der Waals surface area contributed by atoms with Gasteiger partial charge in [0, 0.05) is 13.1 Å². The van der Waals surface area contributed by atoms with Crippen LogP contribution in [0.1, 0.15) is 37.1 Å². The maximum absolute atomic E-state index is 13.1. The first kappa shape index (κ1) is 15.0. The first-order valence-electron chi connectivity index (χ1n) is 7.43. The molecular weight excluding hydrogens is 292 g/mol. The number of H-pyrrole nitrogens is 1. The molecular formula is C13H22N4O3S. The Kier molecular flexibility index (Phi) is 4.04. The quantitative estimate of drug-likeness (QED) is 0.846. The second-order valence-corrected chi connectivity index (χ2v) is 7.53. The van der Waals surface area contributed by atoms with Crippen LogP contribution in [0.4, 0.5) is 0 Å². The molecule has 0 spiro atoms. The Hall–Kier alpha value is -0.960. The van der Waals surface area contributed by atoms with Gasteiger partial charge >= 0.3 is 0 Å². The van der Waals surface area contributed by atoms with Gasteiger partial charge in [0.1, 0.15) is 4.90 Å². The predicted octanol–water partition coefficient (Wildman–Crippen LogP) is 0.509. The molecule has 7 nitrogen and oxygen atoms in total. The third kappa shape index (κ3) is 2.50. The number of nitrogens with zero attached hydrogens (tertiary/aromatic N) is 2. The summed E-state index contributed by atoms with van der Waals surface area (Å²) in [5.74, 6) is 0. The molecule has 2 atom stereocenters. The summed E-state index contributed by atoms with van der Waals surface area (Å²) >= 11 is 0. The van der Waals surface area contributed by atoms with Crippen LogP contribution in [0.2, 0.25) is 0 Å². The minimum Gasteiger partial charge on any atom is -0.375 e. The summed E-state index contributed by atoms with van der Waals surface area (Å²) in [6.07, 6.45) is 3.97. The van der Waals surface area contributed by atoms with E-state index in [-0.39, 0.29) is 23.6 Å². The molecule has 21 heavy (non-hydrogen) atoms. The topological polar surface area (TPSA) is 101 Å². The number of rotatable bonds is 3. The van der Waals surface area contributed by atoms with E-state index in [1.165, 1.54) is 0 Å². The monoisotopic (exact) mass is 314 g/mol. The van der Waals surface area contributed by atoms with Crippen molar-refractivity contribution in [2.75, 3.05) is 13.2 Å². The molecule has 0 radical (unpaired) electrons. The highest BCUT2D eigenvalue weighted by atomic mass is 32.2. The maximum Gasteiger partial charge on any atom is 0.247 e. The molecule has 2 fully saturated rings. The fraction of sp³-hybridized carbons (Fsp3) is 0.769. The lowest BCUT2D eigenvalue weighted by Crippen LogP contribution is -2.54. The number of aryl methyl sites for hydroxylation is 1. The van der Waals surface area contributed by atoms with Gasteiger partial charge in [0.05, 0.1) is 30.1 Å². The van der Waals surface area contributed by atoms with E-state index in [1.807, 2.05) is 0 Å². The maximum atomic E-state index is 13.1. The largest absolute Gasteiger partial charge is 0.375 e. The molecule has 1 aromatic rings. The zero-order valence-electron chi connectivity index (χ0n) is 12.2. The van der Waals surface area contributed by atoms with Gasteiger partial charge in [0.15, 0.2) is 0 Å². The van der Waals surface area contributed by atoms with E-state index >= 15 is 0 Å². The molecule has 1 saturated heterocycles. The van der Waals surface area contributed by atoms with Crippen molar-refractivity contribution in [2.45, 2.75) is 56.2 Å². The number of hydrogen-bond acceptors (Lipinski definition) is 5. The van der Waals surface area contributed by atoms with E-state index in [9.17, 15) is 8.42 Å². The third-order valence-electron chi connectivity index (χ3n) is 4.40. The van der Waals surface area contributed by atoms with E-state index in [0.717, 1.165) is 25.7 Å². The van der Waals surface area contributed by atoms with Gasteiger partial charge in [-0.2, -0.15) is 9.40 Å². The van der Waals surface area contributed by atoms with Crippen LogP contribution in [0.3, 0.4) is 0 Å². The molecule has 1 aliphatic heterocycles. The molecule has 1 saturated carbocycles. The SMILES string of the molecule is Cc1[nH]nc(CN)c1S(=O)(=O)N1CCOC2CCCCC21. The van der Waals surface area contributed by atoms with Crippen molar-refractivity contribution in [3.8, 4) is 0 Å². The Morgan fingerprint density at radius 2 is 2.19 bits per heavy atom. The van der Waals surface area contributed by atoms with Crippen molar-refractivity contribution in [2.24, 2.45) is 5.73 Å². The second kappa shape index (κ2) is 5.68. The standard InChI is InChI=1S/C13H22N4O3S/c1-9-13(10(8-14)16-15-9)21(18,19)17-6-7-20-12-5-3-2-4-11(12)17/h11-12H,2-8,14H2,1H3,(H,15,16). The van der Waals surface area contributed by atoms with Crippen molar-refractivity contribution in [3.05, 3.63) is 11.4 Å². The second-order valence-electron chi connectivity index (χ2n) is 5.71. The molecule has 3 N–H and O–H groups in total. The fourth-order valence-corrected chi connectivity index (χ4v) is 5.43. The lowest BCUT2D eigenvalue weighted by Gasteiger charge is -2.42. The smallest absolute Gasteiger partial charge is 0.247 e. The van der Waals surface area contributed by atoms with Crippen molar-refractivity contribution in [1.82, 2.24) is 14.5 Å². The summed E-state index contributed by atoms with van der Waals surface area (Å²) in [6, 6.07) is -0.0579. The van der Waals surface area contributed by atoms with Gasteiger partial charge in [-0.1, -0.05) is 12.8 Å². The number of fused-ring (bicyclic) bond motifs is 1. The van der Waals surface area contributed by atoms with Crippen LogP contribution >= 0.6 is 0 Å². The molecule has 0 aromatic carbocycles. The Morgan fingerprint density at radius 3 is 2.95 bits per heavy atom. The summed E-state index contributed by atoms with van der Waals surface area (Å²) in [5.41, 5.74) is 6.59. The number of aromatic amines is 1. The highest BCUT2D eigenvalue weighted by molar-refractivity contribution is 7.89. The van der Waals surface area contributed by atoms with Gasteiger partial charge in [0.2, 0.25) is 10.0 Å². The van der Waals surface area contributed by atoms with Crippen LogP contribution in [0, 0.1) is 6.92 Å². The Morgan fingerprint density at radius 1 is 1.43 bits per heavy atom. The normalized spacial score (nSPS) is 27.5. The predicted molar refractivity (Wildman–Crippen MR) is 77.1 cm³/mol. The molecule has 0 amide bonds. The minimum absolute atomic E-state index is 0.0239.